The number of ether oxygens (including phenoxy) is 1. The van der Waals surface area contributed by atoms with Gasteiger partial charge < -0.3 is 20.7 Å². The van der Waals surface area contributed by atoms with Gasteiger partial charge in [0, 0.05) is 50.5 Å². The highest BCUT2D eigenvalue weighted by Gasteiger charge is 2.28. The van der Waals surface area contributed by atoms with E-state index in [1.54, 1.807) is 6.20 Å². The molecule has 1 aliphatic carbocycles. The SMILES string of the molecule is NC1CCC(Nc2ccc(C(=O)N3CCC(N4CCOCC4)CC3)cn2)CC1. The van der Waals surface area contributed by atoms with Crippen LogP contribution in [0.2, 0.25) is 0 Å². The van der Waals surface area contributed by atoms with E-state index in [4.69, 9.17) is 10.5 Å². The minimum absolute atomic E-state index is 0.100. The van der Waals surface area contributed by atoms with Crippen LogP contribution in [-0.4, -0.2) is 78.2 Å². The Bertz CT molecular complexity index is 631. The predicted octanol–water partition coefficient (Wildman–Crippen LogP) is 1.70. The monoisotopic (exact) mass is 387 g/mol. The van der Waals surface area contributed by atoms with E-state index in [0.29, 0.717) is 23.7 Å². The first-order valence-electron chi connectivity index (χ1n) is 10.8. The maximum atomic E-state index is 12.8. The van der Waals surface area contributed by atoms with E-state index >= 15 is 0 Å². The third kappa shape index (κ3) is 4.82. The number of anilines is 1. The number of carbonyl (C=O) groups excluding carboxylic acids is 1. The van der Waals surface area contributed by atoms with Crippen LogP contribution in [0.25, 0.3) is 0 Å². The number of carbonyl (C=O) groups is 1. The van der Waals surface area contributed by atoms with Gasteiger partial charge in [0.25, 0.3) is 5.91 Å². The quantitative estimate of drug-likeness (QED) is 0.818. The van der Waals surface area contributed by atoms with Crippen molar-refractivity contribution in [2.24, 2.45) is 5.73 Å². The lowest BCUT2D eigenvalue weighted by Gasteiger charge is -2.40. The molecular formula is C21H33N5O2. The number of morpholine rings is 1. The summed E-state index contributed by atoms with van der Waals surface area (Å²) in [5, 5.41) is 3.48. The number of nitrogens with zero attached hydrogens (tertiary/aromatic N) is 3. The van der Waals surface area contributed by atoms with E-state index in [0.717, 1.165) is 83.7 Å². The second-order valence-electron chi connectivity index (χ2n) is 8.36. The van der Waals surface area contributed by atoms with Crippen molar-refractivity contribution < 1.29 is 9.53 Å². The first-order chi connectivity index (χ1) is 13.7. The van der Waals surface area contributed by atoms with Gasteiger partial charge in [-0.05, 0) is 50.7 Å². The number of amides is 1. The standard InChI is InChI=1S/C21H33N5O2/c22-17-2-4-18(5-3-17)24-20-6-1-16(15-23-20)21(27)26-9-7-19(8-10-26)25-11-13-28-14-12-25/h1,6,15,17-19H,2-5,7-14,22H2,(H,23,24). The fourth-order valence-electron chi connectivity index (χ4n) is 4.64. The van der Waals surface area contributed by atoms with Crippen LogP contribution in [0.15, 0.2) is 18.3 Å². The molecule has 7 heteroatoms. The highest BCUT2D eigenvalue weighted by Crippen LogP contribution is 2.22. The van der Waals surface area contributed by atoms with Crippen molar-refractivity contribution >= 4 is 11.7 Å². The molecule has 4 rings (SSSR count). The number of aromatic nitrogens is 1. The summed E-state index contributed by atoms with van der Waals surface area (Å²) in [6.45, 7) is 5.35. The first kappa shape index (κ1) is 19.6. The minimum atomic E-state index is 0.100. The van der Waals surface area contributed by atoms with Crippen molar-refractivity contribution in [2.45, 2.75) is 56.7 Å². The molecule has 0 spiro atoms. The van der Waals surface area contributed by atoms with Crippen LogP contribution in [0.1, 0.15) is 48.9 Å². The van der Waals surface area contributed by atoms with E-state index in [1.807, 2.05) is 17.0 Å². The van der Waals surface area contributed by atoms with Gasteiger partial charge in [-0.3, -0.25) is 9.69 Å². The average Bonchev–Trinajstić information content (AvgIpc) is 2.76. The van der Waals surface area contributed by atoms with Gasteiger partial charge in [-0.25, -0.2) is 4.98 Å². The second kappa shape index (κ2) is 9.20. The number of pyridine rings is 1. The lowest BCUT2D eigenvalue weighted by molar-refractivity contribution is 0.00158. The summed E-state index contributed by atoms with van der Waals surface area (Å²) in [7, 11) is 0. The summed E-state index contributed by atoms with van der Waals surface area (Å²) in [6.07, 6.45) is 8.10. The van der Waals surface area contributed by atoms with Gasteiger partial charge in [0.1, 0.15) is 5.82 Å². The lowest BCUT2D eigenvalue weighted by Crippen LogP contribution is -2.50. The van der Waals surface area contributed by atoms with Crippen LogP contribution in [0.4, 0.5) is 5.82 Å². The first-order valence-corrected chi connectivity index (χ1v) is 10.8. The molecule has 3 aliphatic rings. The van der Waals surface area contributed by atoms with Crippen molar-refractivity contribution in [3.8, 4) is 0 Å². The molecule has 0 aromatic carbocycles. The zero-order valence-corrected chi connectivity index (χ0v) is 16.7. The number of hydrogen-bond donors (Lipinski definition) is 2. The van der Waals surface area contributed by atoms with E-state index < -0.39 is 0 Å². The van der Waals surface area contributed by atoms with E-state index in [1.165, 1.54) is 0 Å². The molecule has 0 bridgehead atoms. The average molecular weight is 388 g/mol. The van der Waals surface area contributed by atoms with Crippen LogP contribution in [0.3, 0.4) is 0 Å². The Kier molecular flexibility index (Phi) is 6.44. The smallest absolute Gasteiger partial charge is 0.255 e. The van der Waals surface area contributed by atoms with Crippen LogP contribution in [-0.2, 0) is 4.74 Å². The number of nitrogens with one attached hydrogen (secondary N) is 1. The molecule has 3 heterocycles. The third-order valence-electron chi connectivity index (χ3n) is 6.45. The van der Waals surface area contributed by atoms with Crippen LogP contribution in [0.5, 0.6) is 0 Å². The number of nitrogens with two attached hydrogens (primary N) is 1. The topological polar surface area (TPSA) is 83.7 Å². The van der Waals surface area contributed by atoms with Crippen LogP contribution in [0, 0.1) is 0 Å². The predicted molar refractivity (Wildman–Crippen MR) is 109 cm³/mol. The summed E-state index contributed by atoms with van der Waals surface area (Å²) in [6, 6.07) is 5.20. The molecule has 3 fully saturated rings. The molecule has 1 aromatic heterocycles. The normalized spacial score (nSPS) is 27.5. The van der Waals surface area contributed by atoms with Crippen LogP contribution < -0.4 is 11.1 Å². The molecule has 154 valence electrons. The van der Waals surface area contributed by atoms with Gasteiger partial charge in [0.05, 0.1) is 18.8 Å². The molecule has 1 saturated carbocycles. The molecule has 0 radical (unpaired) electrons. The molecule has 1 aromatic rings. The maximum Gasteiger partial charge on any atom is 0.255 e. The van der Waals surface area contributed by atoms with E-state index in [9.17, 15) is 4.79 Å². The number of hydrogen-bond acceptors (Lipinski definition) is 6. The summed E-state index contributed by atoms with van der Waals surface area (Å²) in [4.78, 5) is 21.8. The van der Waals surface area contributed by atoms with Gasteiger partial charge >= 0.3 is 0 Å². The van der Waals surface area contributed by atoms with E-state index in [-0.39, 0.29) is 5.91 Å². The van der Waals surface area contributed by atoms with Gasteiger partial charge in [0.15, 0.2) is 0 Å². The maximum absolute atomic E-state index is 12.8. The summed E-state index contributed by atoms with van der Waals surface area (Å²) < 4.78 is 5.45. The summed E-state index contributed by atoms with van der Waals surface area (Å²) >= 11 is 0. The van der Waals surface area contributed by atoms with Crippen molar-refractivity contribution in [1.29, 1.82) is 0 Å². The molecule has 2 aliphatic heterocycles. The van der Waals surface area contributed by atoms with Crippen molar-refractivity contribution in [2.75, 3.05) is 44.7 Å². The fraction of sp³-hybridized carbons (Fsp3) is 0.714. The molecule has 3 N–H and O–H groups in total. The molecule has 7 nitrogen and oxygen atoms in total. The summed E-state index contributed by atoms with van der Waals surface area (Å²) in [5.41, 5.74) is 6.65. The van der Waals surface area contributed by atoms with E-state index in [2.05, 4.69) is 15.2 Å². The molecular weight excluding hydrogens is 354 g/mol. The number of likely N-dealkylation sites (tertiary alicyclic amines) is 1. The fourth-order valence-corrected chi connectivity index (χ4v) is 4.64. The summed E-state index contributed by atoms with van der Waals surface area (Å²) in [5.74, 6) is 0.950. The minimum Gasteiger partial charge on any atom is -0.379 e. The molecule has 1 amide bonds. The van der Waals surface area contributed by atoms with Gasteiger partial charge in [-0.15, -0.1) is 0 Å². The zero-order chi connectivity index (χ0) is 19.3. The second-order valence-corrected chi connectivity index (χ2v) is 8.36. The Morgan fingerprint density at radius 2 is 1.75 bits per heavy atom. The third-order valence-corrected chi connectivity index (χ3v) is 6.45. The molecule has 0 unspecified atom stereocenters. The largest absolute Gasteiger partial charge is 0.379 e. The number of rotatable bonds is 4. The Hall–Kier alpha value is -1.70. The Balaban J connectivity index is 1.26. The lowest BCUT2D eigenvalue weighted by atomic mass is 9.92. The van der Waals surface area contributed by atoms with Crippen molar-refractivity contribution in [3.63, 3.8) is 0 Å². The van der Waals surface area contributed by atoms with Crippen LogP contribution >= 0.6 is 0 Å². The highest BCUT2D eigenvalue weighted by molar-refractivity contribution is 5.94. The Morgan fingerprint density at radius 3 is 2.39 bits per heavy atom. The zero-order valence-electron chi connectivity index (χ0n) is 16.7. The van der Waals surface area contributed by atoms with Crippen molar-refractivity contribution in [1.82, 2.24) is 14.8 Å². The van der Waals surface area contributed by atoms with Gasteiger partial charge in [-0.2, -0.15) is 0 Å². The molecule has 28 heavy (non-hydrogen) atoms. The highest BCUT2D eigenvalue weighted by atomic mass is 16.5. The van der Waals surface area contributed by atoms with Gasteiger partial charge in [-0.1, -0.05) is 0 Å². The Labute approximate surface area is 167 Å². The molecule has 2 saturated heterocycles. The van der Waals surface area contributed by atoms with Crippen molar-refractivity contribution in [3.05, 3.63) is 23.9 Å². The van der Waals surface area contributed by atoms with Gasteiger partial charge in [0.2, 0.25) is 0 Å². The molecule has 0 atom stereocenters. The number of piperidine rings is 1. The Morgan fingerprint density at radius 1 is 1.04 bits per heavy atom.